The molecule has 1 aliphatic heterocycles. The van der Waals surface area contributed by atoms with E-state index in [9.17, 15) is 13.2 Å². The first-order valence-electron chi connectivity index (χ1n) is 10.2. The number of aromatic nitrogens is 1. The highest BCUT2D eigenvalue weighted by Gasteiger charge is 2.26. The summed E-state index contributed by atoms with van der Waals surface area (Å²) in [6.07, 6.45) is 0. The Bertz CT molecular complexity index is 1190. The normalized spacial score (nSPS) is 14.6. The number of amides is 1. The molecule has 1 aliphatic rings. The van der Waals surface area contributed by atoms with E-state index < -0.39 is 10.0 Å². The Balaban J connectivity index is 1.35. The summed E-state index contributed by atoms with van der Waals surface area (Å²) in [6.45, 7) is 1.34. The molecular weight excluding hydrogens is 466 g/mol. The molecule has 0 radical (unpaired) electrons. The lowest BCUT2D eigenvalue weighted by molar-refractivity contribution is -0.118. The van der Waals surface area contributed by atoms with Crippen LogP contribution in [0, 0.1) is 0 Å². The Morgan fingerprint density at radius 3 is 2.42 bits per heavy atom. The number of benzene rings is 2. The number of nitrogens with one attached hydrogen (secondary N) is 1. The van der Waals surface area contributed by atoms with Gasteiger partial charge in [0, 0.05) is 24.0 Å². The van der Waals surface area contributed by atoms with E-state index in [1.807, 2.05) is 0 Å². The van der Waals surface area contributed by atoms with E-state index in [4.69, 9.17) is 14.2 Å². The molecular formula is C22H23N3O6S2. The Morgan fingerprint density at radius 1 is 1.09 bits per heavy atom. The molecule has 1 amide bonds. The highest BCUT2D eigenvalue weighted by Crippen LogP contribution is 2.27. The summed E-state index contributed by atoms with van der Waals surface area (Å²) >= 11 is 1.28. The number of thiazole rings is 1. The lowest BCUT2D eigenvalue weighted by Gasteiger charge is -2.26. The average molecular weight is 490 g/mol. The second-order valence-corrected chi connectivity index (χ2v) is 9.89. The highest BCUT2D eigenvalue weighted by molar-refractivity contribution is 7.89. The number of carbonyl (C=O) groups is 1. The van der Waals surface area contributed by atoms with Gasteiger partial charge in [-0.3, -0.25) is 10.1 Å². The van der Waals surface area contributed by atoms with Gasteiger partial charge in [-0.1, -0.05) is 12.1 Å². The minimum atomic E-state index is -3.55. The Kier molecular flexibility index (Phi) is 7.23. The molecule has 1 aromatic heterocycles. The van der Waals surface area contributed by atoms with Crippen molar-refractivity contribution >= 4 is 32.4 Å². The smallest absolute Gasteiger partial charge is 0.264 e. The maximum atomic E-state index is 12.7. The van der Waals surface area contributed by atoms with Crippen LogP contribution in [0.1, 0.15) is 0 Å². The molecule has 11 heteroatoms. The third-order valence-electron chi connectivity index (χ3n) is 4.94. The van der Waals surface area contributed by atoms with Crippen molar-refractivity contribution in [2.75, 3.05) is 45.3 Å². The number of hydrogen-bond acceptors (Lipinski definition) is 8. The summed E-state index contributed by atoms with van der Waals surface area (Å²) in [5.41, 5.74) is 1.39. The van der Waals surface area contributed by atoms with Gasteiger partial charge in [0.1, 0.15) is 11.5 Å². The lowest BCUT2D eigenvalue weighted by Crippen LogP contribution is -2.40. The first-order chi connectivity index (χ1) is 16.0. The van der Waals surface area contributed by atoms with Gasteiger partial charge in [0.05, 0.1) is 30.9 Å². The molecule has 1 N–H and O–H groups in total. The van der Waals surface area contributed by atoms with Gasteiger partial charge < -0.3 is 14.2 Å². The summed E-state index contributed by atoms with van der Waals surface area (Å²) in [5, 5.41) is 4.93. The van der Waals surface area contributed by atoms with Gasteiger partial charge in [-0.15, -0.1) is 11.3 Å². The summed E-state index contributed by atoms with van der Waals surface area (Å²) in [7, 11) is -1.97. The number of methoxy groups -OCH3 is 1. The number of carbonyl (C=O) groups excluding carboxylic acids is 1. The summed E-state index contributed by atoms with van der Waals surface area (Å²) in [5.74, 6) is 0.922. The lowest BCUT2D eigenvalue weighted by atomic mass is 10.2. The first-order valence-corrected chi connectivity index (χ1v) is 12.5. The van der Waals surface area contributed by atoms with Gasteiger partial charge in [0.2, 0.25) is 10.0 Å². The molecule has 3 aromatic rings. The molecule has 2 aromatic carbocycles. The van der Waals surface area contributed by atoms with Gasteiger partial charge in [-0.2, -0.15) is 4.31 Å². The highest BCUT2D eigenvalue weighted by atomic mass is 32.2. The SMILES string of the molecule is COc1ccc(OCC(=O)Nc2nc(-c3ccc(S(=O)(=O)N4CCOCC4)cc3)cs2)cc1. The first kappa shape index (κ1) is 23.2. The Hall–Kier alpha value is -2.99. The number of sulfonamides is 1. The maximum Gasteiger partial charge on any atom is 0.264 e. The van der Waals surface area contributed by atoms with Crippen LogP contribution in [0.5, 0.6) is 11.5 Å². The summed E-state index contributed by atoms with van der Waals surface area (Å²) in [4.78, 5) is 16.8. The van der Waals surface area contributed by atoms with Crippen LogP contribution in [-0.2, 0) is 19.6 Å². The number of morpholine rings is 1. The number of anilines is 1. The van der Waals surface area contributed by atoms with E-state index in [2.05, 4.69) is 10.3 Å². The molecule has 33 heavy (non-hydrogen) atoms. The average Bonchev–Trinajstić information content (AvgIpc) is 3.32. The maximum absolute atomic E-state index is 12.7. The minimum absolute atomic E-state index is 0.157. The molecule has 0 unspecified atom stereocenters. The van der Waals surface area contributed by atoms with Gasteiger partial charge in [0.15, 0.2) is 11.7 Å². The Morgan fingerprint density at radius 2 is 1.76 bits per heavy atom. The number of nitrogens with zero attached hydrogens (tertiary/aromatic N) is 2. The van der Waals surface area contributed by atoms with Crippen molar-refractivity contribution in [3.05, 3.63) is 53.9 Å². The molecule has 1 saturated heterocycles. The Labute approximate surface area is 196 Å². The van der Waals surface area contributed by atoms with Crippen molar-refractivity contribution in [3.63, 3.8) is 0 Å². The molecule has 4 rings (SSSR count). The zero-order valence-electron chi connectivity index (χ0n) is 17.9. The quantitative estimate of drug-likeness (QED) is 0.518. The molecule has 0 atom stereocenters. The largest absolute Gasteiger partial charge is 0.497 e. The van der Waals surface area contributed by atoms with Crippen molar-refractivity contribution < 1.29 is 27.4 Å². The van der Waals surface area contributed by atoms with Gasteiger partial charge in [-0.05, 0) is 36.4 Å². The molecule has 0 bridgehead atoms. The molecule has 0 saturated carbocycles. The molecule has 0 aliphatic carbocycles. The van der Waals surface area contributed by atoms with Crippen LogP contribution in [0.2, 0.25) is 0 Å². The molecule has 174 valence electrons. The molecule has 9 nitrogen and oxygen atoms in total. The van der Waals surface area contributed by atoms with E-state index >= 15 is 0 Å². The zero-order valence-corrected chi connectivity index (χ0v) is 19.5. The second-order valence-electron chi connectivity index (χ2n) is 7.09. The van der Waals surface area contributed by atoms with Crippen LogP contribution in [0.4, 0.5) is 5.13 Å². The molecule has 1 fully saturated rings. The van der Waals surface area contributed by atoms with Gasteiger partial charge in [-0.25, -0.2) is 13.4 Å². The second kappa shape index (κ2) is 10.3. The number of hydrogen-bond donors (Lipinski definition) is 1. The number of ether oxygens (including phenoxy) is 3. The van der Waals surface area contributed by atoms with Gasteiger partial charge >= 0.3 is 0 Å². The van der Waals surface area contributed by atoms with Crippen LogP contribution >= 0.6 is 11.3 Å². The van der Waals surface area contributed by atoms with E-state index in [1.165, 1.54) is 15.6 Å². The van der Waals surface area contributed by atoms with Crippen molar-refractivity contribution in [1.29, 1.82) is 0 Å². The fraction of sp³-hybridized carbons (Fsp3) is 0.273. The van der Waals surface area contributed by atoms with E-state index in [1.54, 1.807) is 61.0 Å². The fourth-order valence-electron chi connectivity index (χ4n) is 3.17. The van der Waals surface area contributed by atoms with E-state index in [0.717, 1.165) is 5.56 Å². The topological polar surface area (TPSA) is 107 Å². The monoisotopic (exact) mass is 489 g/mol. The predicted molar refractivity (Wildman–Crippen MR) is 124 cm³/mol. The number of rotatable bonds is 8. The molecule has 0 spiro atoms. The van der Waals surface area contributed by atoms with Crippen LogP contribution in [0.15, 0.2) is 58.8 Å². The van der Waals surface area contributed by atoms with Crippen molar-refractivity contribution in [1.82, 2.24) is 9.29 Å². The van der Waals surface area contributed by atoms with Crippen LogP contribution in [0.3, 0.4) is 0 Å². The van der Waals surface area contributed by atoms with E-state index in [0.29, 0.717) is 48.6 Å². The predicted octanol–water partition coefficient (Wildman–Crippen LogP) is 2.86. The third-order valence-corrected chi connectivity index (χ3v) is 7.61. The van der Waals surface area contributed by atoms with Crippen molar-refractivity contribution in [3.8, 4) is 22.8 Å². The fourth-order valence-corrected chi connectivity index (χ4v) is 5.32. The zero-order chi connectivity index (χ0) is 23.3. The minimum Gasteiger partial charge on any atom is -0.497 e. The van der Waals surface area contributed by atoms with E-state index in [-0.39, 0.29) is 17.4 Å². The van der Waals surface area contributed by atoms with Crippen molar-refractivity contribution in [2.24, 2.45) is 0 Å². The van der Waals surface area contributed by atoms with Gasteiger partial charge in [0.25, 0.3) is 5.91 Å². The van der Waals surface area contributed by atoms with Crippen LogP contribution in [0.25, 0.3) is 11.3 Å². The third kappa shape index (κ3) is 5.69. The van der Waals surface area contributed by atoms with Crippen LogP contribution < -0.4 is 14.8 Å². The van der Waals surface area contributed by atoms with Crippen LogP contribution in [-0.4, -0.2) is 63.6 Å². The standard InChI is InChI=1S/C22H23N3O6S2/c1-29-17-4-6-18(7-5-17)31-14-21(26)24-22-23-20(15-32-22)16-2-8-19(9-3-16)33(27,28)25-10-12-30-13-11-25/h2-9,15H,10-14H2,1H3,(H,23,24,26). The summed E-state index contributed by atoms with van der Waals surface area (Å²) in [6, 6.07) is 13.5. The van der Waals surface area contributed by atoms with Crippen molar-refractivity contribution in [2.45, 2.75) is 4.90 Å². The molecule has 2 heterocycles. The summed E-state index contributed by atoms with van der Waals surface area (Å²) < 4.78 is 42.7.